The average molecular weight is 193 g/mol. The smallest absolute Gasteiger partial charge is 0.0728 e. The van der Waals surface area contributed by atoms with Crippen LogP contribution in [-0.2, 0) is 11.3 Å². The molecule has 1 aromatic carbocycles. The fourth-order valence-corrected chi connectivity index (χ4v) is 2.42. The van der Waals surface area contributed by atoms with E-state index in [4.69, 9.17) is 10.5 Å². The summed E-state index contributed by atoms with van der Waals surface area (Å²) in [4.78, 5) is 0. The van der Waals surface area contributed by atoms with Gasteiger partial charge in [0.05, 0.1) is 6.61 Å². The molecule has 0 aliphatic rings. The average Bonchev–Trinajstić information content (AvgIpc) is 2.51. The molecule has 0 spiro atoms. The summed E-state index contributed by atoms with van der Waals surface area (Å²) in [5, 5.41) is 3.25. The molecule has 0 bridgehead atoms. The monoisotopic (exact) mass is 193 g/mol. The van der Waals surface area contributed by atoms with Crippen LogP contribution in [0, 0.1) is 0 Å². The molecule has 1 heterocycles. The van der Waals surface area contributed by atoms with Crippen molar-refractivity contribution < 1.29 is 4.74 Å². The highest BCUT2D eigenvalue weighted by molar-refractivity contribution is 7.17. The first-order valence-electron chi connectivity index (χ1n) is 4.06. The van der Waals surface area contributed by atoms with Gasteiger partial charge in [0.15, 0.2) is 0 Å². The van der Waals surface area contributed by atoms with Crippen molar-refractivity contribution in [2.75, 3.05) is 12.8 Å². The zero-order valence-corrected chi connectivity index (χ0v) is 8.23. The largest absolute Gasteiger partial charge is 0.398 e. The number of ether oxygens (including phenoxy) is 1. The fourth-order valence-electron chi connectivity index (χ4n) is 1.45. The maximum atomic E-state index is 5.88. The fraction of sp³-hybridized carbons (Fsp3) is 0.200. The number of fused-ring (bicyclic) bond motifs is 1. The summed E-state index contributed by atoms with van der Waals surface area (Å²) in [7, 11) is 1.70. The molecule has 0 saturated heterocycles. The van der Waals surface area contributed by atoms with Crippen molar-refractivity contribution in [3.8, 4) is 0 Å². The Morgan fingerprint density at radius 3 is 3.08 bits per heavy atom. The lowest BCUT2D eigenvalue weighted by molar-refractivity contribution is 0.186. The van der Waals surface area contributed by atoms with Crippen molar-refractivity contribution in [3.63, 3.8) is 0 Å². The number of benzene rings is 1. The predicted molar refractivity (Wildman–Crippen MR) is 57.0 cm³/mol. The zero-order chi connectivity index (χ0) is 9.26. The maximum absolute atomic E-state index is 5.88. The van der Waals surface area contributed by atoms with Gasteiger partial charge in [-0.25, -0.2) is 0 Å². The van der Waals surface area contributed by atoms with Gasteiger partial charge in [-0.15, -0.1) is 11.3 Å². The van der Waals surface area contributed by atoms with Crippen LogP contribution in [0.3, 0.4) is 0 Å². The Morgan fingerprint density at radius 1 is 1.46 bits per heavy atom. The van der Waals surface area contributed by atoms with Crippen molar-refractivity contribution in [3.05, 3.63) is 29.1 Å². The summed E-state index contributed by atoms with van der Waals surface area (Å²) in [6.07, 6.45) is 0. The highest BCUT2D eigenvalue weighted by Gasteiger charge is 2.05. The molecule has 0 aliphatic carbocycles. The van der Waals surface area contributed by atoms with Gasteiger partial charge in [-0.2, -0.15) is 0 Å². The molecule has 0 radical (unpaired) electrons. The van der Waals surface area contributed by atoms with Crippen LogP contribution in [0.2, 0.25) is 0 Å². The van der Waals surface area contributed by atoms with Crippen molar-refractivity contribution in [1.29, 1.82) is 0 Å². The SMILES string of the molecule is COCc1csc2cccc(N)c12. The van der Waals surface area contributed by atoms with E-state index in [1.807, 2.05) is 12.1 Å². The number of nitrogens with two attached hydrogens (primary N) is 1. The predicted octanol–water partition coefficient (Wildman–Crippen LogP) is 2.63. The molecule has 2 nitrogen and oxygen atoms in total. The van der Waals surface area contributed by atoms with Crippen molar-refractivity contribution in [2.24, 2.45) is 0 Å². The standard InChI is InChI=1S/C10H11NOS/c1-12-5-7-6-13-9-4-2-3-8(11)10(7)9/h2-4,6H,5,11H2,1H3. The first-order chi connectivity index (χ1) is 6.33. The lowest BCUT2D eigenvalue weighted by Gasteiger charge is -2.00. The molecular weight excluding hydrogens is 182 g/mol. The minimum atomic E-state index is 0.633. The van der Waals surface area contributed by atoms with E-state index in [0.717, 1.165) is 11.1 Å². The number of rotatable bonds is 2. The molecule has 0 atom stereocenters. The highest BCUT2D eigenvalue weighted by Crippen LogP contribution is 2.30. The van der Waals surface area contributed by atoms with Gasteiger partial charge < -0.3 is 10.5 Å². The van der Waals surface area contributed by atoms with E-state index in [0.29, 0.717) is 6.61 Å². The third-order valence-electron chi connectivity index (χ3n) is 2.01. The Balaban J connectivity index is 2.64. The molecule has 3 heteroatoms. The van der Waals surface area contributed by atoms with Crippen LogP contribution in [0.1, 0.15) is 5.56 Å². The quantitative estimate of drug-likeness (QED) is 0.744. The normalized spacial score (nSPS) is 10.8. The number of hydrogen-bond donors (Lipinski definition) is 1. The first-order valence-corrected chi connectivity index (χ1v) is 4.94. The van der Waals surface area contributed by atoms with Gasteiger partial charge in [0.25, 0.3) is 0 Å². The lowest BCUT2D eigenvalue weighted by Crippen LogP contribution is -1.89. The Morgan fingerprint density at radius 2 is 2.31 bits per heavy atom. The first kappa shape index (κ1) is 8.53. The molecule has 0 aliphatic heterocycles. The number of nitrogen functional groups attached to an aromatic ring is 1. The number of anilines is 1. The molecule has 13 heavy (non-hydrogen) atoms. The Kier molecular flexibility index (Phi) is 2.20. The van der Waals surface area contributed by atoms with E-state index in [1.54, 1.807) is 18.4 Å². The van der Waals surface area contributed by atoms with Gasteiger partial charge in [0, 0.05) is 22.9 Å². The van der Waals surface area contributed by atoms with Crippen LogP contribution < -0.4 is 5.73 Å². The van der Waals surface area contributed by atoms with E-state index >= 15 is 0 Å². The van der Waals surface area contributed by atoms with Gasteiger partial charge >= 0.3 is 0 Å². The number of hydrogen-bond acceptors (Lipinski definition) is 3. The van der Waals surface area contributed by atoms with E-state index in [2.05, 4.69) is 11.4 Å². The van der Waals surface area contributed by atoms with Crippen LogP contribution in [0.25, 0.3) is 10.1 Å². The van der Waals surface area contributed by atoms with Crippen LogP contribution >= 0.6 is 11.3 Å². The van der Waals surface area contributed by atoms with Crippen molar-refractivity contribution in [1.82, 2.24) is 0 Å². The molecule has 2 aromatic rings. The van der Waals surface area contributed by atoms with E-state index in [-0.39, 0.29) is 0 Å². The molecule has 0 fully saturated rings. The second kappa shape index (κ2) is 3.36. The second-order valence-electron chi connectivity index (χ2n) is 2.91. The summed E-state index contributed by atoms with van der Waals surface area (Å²) in [6.45, 7) is 0.633. The Hall–Kier alpha value is -1.06. The Bertz CT molecular complexity index is 422. The summed E-state index contributed by atoms with van der Waals surface area (Å²) in [5.74, 6) is 0. The van der Waals surface area contributed by atoms with E-state index in [1.165, 1.54) is 10.3 Å². The topological polar surface area (TPSA) is 35.2 Å². The molecule has 2 N–H and O–H groups in total. The minimum Gasteiger partial charge on any atom is -0.398 e. The second-order valence-corrected chi connectivity index (χ2v) is 3.83. The van der Waals surface area contributed by atoms with Gasteiger partial charge in [-0.1, -0.05) is 6.07 Å². The highest BCUT2D eigenvalue weighted by atomic mass is 32.1. The minimum absolute atomic E-state index is 0.633. The third kappa shape index (κ3) is 1.41. The number of methoxy groups -OCH3 is 1. The molecular formula is C10H11NOS. The summed E-state index contributed by atoms with van der Waals surface area (Å²) in [6, 6.07) is 5.98. The van der Waals surface area contributed by atoms with Crippen LogP contribution in [-0.4, -0.2) is 7.11 Å². The Labute approximate surface area is 80.9 Å². The van der Waals surface area contributed by atoms with Crippen LogP contribution in [0.15, 0.2) is 23.6 Å². The summed E-state index contributed by atoms with van der Waals surface area (Å²) < 4.78 is 6.33. The van der Waals surface area contributed by atoms with Gasteiger partial charge in [-0.05, 0) is 23.1 Å². The summed E-state index contributed by atoms with van der Waals surface area (Å²) >= 11 is 1.71. The van der Waals surface area contributed by atoms with E-state index in [9.17, 15) is 0 Å². The molecule has 2 rings (SSSR count). The third-order valence-corrected chi connectivity index (χ3v) is 3.00. The molecule has 0 unspecified atom stereocenters. The van der Waals surface area contributed by atoms with Gasteiger partial charge in [0.1, 0.15) is 0 Å². The molecule has 0 amide bonds. The van der Waals surface area contributed by atoms with Gasteiger partial charge in [0.2, 0.25) is 0 Å². The van der Waals surface area contributed by atoms with E-state index < -0.39 is 0 Å². The molecule has 0 saturated carbocycles. The zero-order valence-electron chi connectivity index (χ0n) is 7.41. The van der Waals surface area contributed by atoms with Gasteiger partial charge in [-0.3, -0.25) is 0 Å². The van der Waals surface area contributed by atoms with Crippen molar-refractivity contribution in [2.45, 2.75) is 6.61 Å². The molecule has 1 aromatic heterocycles. The number of thiophene rings is 1. The van der Waals surface area contributed by atoms with Crippen molar-refractivity contribution >= 4 is 27.1 Å². The lowest BCUT2D eigenvalue weighted by atomic mass is 10.1. The van der Waals surface area contributed by atoms with Crippen LogP contribution in [0.4, 0.5) is 5.69 Å². The van der Waals surface area contributed by atoms with Crippen LogP contribution in [0.5, 0.6) is 0 Å². The summed E-state index contributed by atoms with van der Waals surface area (Å²) in [5.41, 5.74) is 7.90. The molecule has 68 valence electrons. The maximum Gasteiger partial charge on any atom is 0.0728 e.